The van der Waals surface area contributed by atoms with Crippen molar-refractivity contribution >= 4 is 5.69 Å². The molecule has 0 bridgehead atoms. The van der Waals surface area contributed by atoms with Gasteiger partial charge in [0.2, 0.25) is 0 Å². The van der Waals surface area contributed by atoms with Crippen LogP contribution in [0.25, 0.3) is 0 Å². The number of nitrogens with zero attached hydrogens (tertiary/aromatic N) is 1. The Morgan fingerprint density at radius 3 is 2.87 bits per heavy atom. The van der Waals surface area contributed by atoms with Crippen molar-refractivity contribution in [2.75, 3.05) is 18.0 Å². The fraction of sp³-hybridized carbons (Fsp3) is 0.400. The van der Waals surface area contributed by atoms with E-state index in [1.807, 2.05) is 6.07 Å². The molecule has 2 aromatic rings. The number of fused-ring (bicyclic) bond motifs is 1. The summed E-state index contributed by atoms with van der Waals surface area (Å²) < 4.78 is 6.17. The molecule has 122 valence electrons. The van der Waals surface area contributed by atoms with E-state index in [0.717, 1.165) is 37.4 Å². The Hall–Kier alpha value is -2.16. The van der Waals surface area contributed by atoms with Gasteiger partial charge in [-0.1, -0.05) is 43.2 Å². The third-order valence-corrected chi connectivity index (χ3v) is 4.33. The van der Waals surface area contributed by atoms with E-state index in [1.165, 1.54) is 17.5 Å². The Kier molecular flexibility index (Phi) is 4.75. The van der Waals surface area contributed by atoms with Gasteiger partial charge in [0.25, 0.3) is 0 Å². The number of benzene rings is 2. The minimum atomic E-state index is 0.114. The zero-order valence-corrected chi connectivity index (χ0v) is 14.0. The van der Waals surface area contributed by atoms with Gasteiger partial charge >= 0.3 is 0 Å². The van der Waals surface area contributed by atoms with Crippen LogP contribution in [-0.2, 0) is 6.42 Å². The monoisotopic (exact) mass is 311 g/mol. The van der Waals surface area contributed by atoms with Gasteiger partial charge in [-0.05, 0) is 31.0 Å². The second-order valence-corrected chi connectivity index (χ2v) is 6.38. The minimum Gasteiger partial charge on any atom is -0.508 e. The van der Waals surface area contributed by atoms with Crippen LogP contribution in [0.3, 0.4) is 0 Å². The molecule has 0 aromatic heterocycles. The number of hydrogen-bond acceptors (Lipinski definition) is 3. The summed E-state index contributed by atoms with van der Waals surface area (Å²) in [4.78, 5) is 2.39. The Morgan fingerprint density at radius 1 is 1.22 bits per heavy atom. The quantitative estimate of drug-likeness (QED) is 0.893. The van der Waals surface area contributed by atoms with Crippen LogP contribution in [0, 0.1) is 6.92 Å². The molecule has 0 spiro atoms. The highest BCUT2D eigenvalue weighted by atomic mass is 16.5. The summed E-state index contributed by atoms with van der Waals surface area (Å²) in [5.74, 6) is 1.06. The number of ether oxygens (including phenoxy) is 1. The number of anilines is 1. The fourth-order valence-electron chi connectivity index (χ4n) is 3.19. The molecule has 3 rings (SSSR count). The van der Waals surface area contributed by atoms with Crippen LogP contribution in [0.15, 0.2) is 42.5 Å². The molecule has 0 saturated heterocycles. The maximum absolute atomic E-state index is 9.76. The first-order valence-corrected chi connectivity index (χ1v) is 8.46. The maximum Gasteiger partial charge on any atom is 0.146 e. The van der Waals surface area contributed by atoms with Crippen molar-refractivity contribution in [1.82, 2.24) is 0 Å². The average Bonchev–Trinajstić information content (AvgIpc) is 2.52. The van der Waals surface area contributed by atoms with Gasteiger partial charge in [0.1, 0.15) is 17.6 Å². The number of aryl methyl sites for hydroxylation is 1. The van der Waals surface area contributed by atoms with Crippen molar-refractivity contribution in [2.45, 2.75) is 39.2 Å². The van der Waals surface area contributed by atoms with Crippen LogP contribution >= 0.6 is 0 Å². The second kappa shape index (κ2) is 6.95. The number of phenols is 1. The molecule has 1 aliphatic rings. The molecule has 0 radical (unpaired) electrons. The van der Waals surface area contributed by atoms with Crippen molar-refractivity contribution in [1.29, 1.82) is 0 Å². The summed E-state index contributed by atoms with van der Waals surface area (Å²) in [6.45, 7) is 6.25. The number of aromatic hydroxyl groups is 1. The van der Waals surface area contributed by atoms with E-state index in [9.17, 15) is 5.11 Å². The van der Waals surface area contributed by atoms with Crippen LogP contribution in [-0.4, -0.2) is 24.3 Å². The summed E-state index contributed by atoms with van der Waals surface area (Å²) >= 11 is 0. The van der Waals surface area contributed by atoms with Crippen LogP contribution in [0.2, 0.25) is 0 Å². The number of hydrogen-bond donors (Lipinski definition) is 1. The van der Waals surface area contributed by atoms with Crippen molar-refractivity contribution in [3.63, 3.8) is 0 Å². The van der Waals surface area contributed by atoms with Gasteiger partial charge in [-0.25, -0.2) is 0 Å². The number of rotatable bonds is 5. The third-order valence-electron chi connectivity index (χ3n) is 4.33. The predicted molar refractivity (Wildman–Crippen MR) is 94.5 cm³/mol. The largest absolute Gasteiger partial charge is 0.508 e. The zero-order chi connectivity index (χ0) is 16.2. The van der Waals surface area contributed by atoms with Gasteiger partial charge in [0.15, 0.2) is 0 Å². The first-order valence-electron chi connectivity index (χ1n) is 8.46. The molecule has 0 aliphatic carbocycles. The van der Waals surface area contributed by atoms with Crippen molar-refractivity contribution < 1.29 is 9.84 Å². The molecule has 0 fully saturated rings. The van der Waals surface area contributed by atoms with E-state index in [4.69, 9.17) is 4.74 Å². The van der Waals surface area contributed by atoms with Gasteiger partial charge in [-0.2, -0.15) is 0 Å². The van der Waals surface area contributed by atoms with Crippen LogP contribution in [0.1, 0.15) is 30.9 Å². The van der Waals surface area contributed by atoms with E-state index in [2.05, 4.69) is 43.0 Å². The zero-order valence-electron chi connectivity index (χ0n) is 14.0. The minimum absolute atomic E-state index is 0.114. The highest BCUT2D eigenvalue weighted by molar-refractivity contribution is 5.62. The van der Waals surface area contributed by atoms with Crippen LogP contribution < -0.4 is 9.64 Å². The van der Waals surface area contributed by atoms with Gasteiger partial charge < -0.3 is 14.7 Å². The molecule has 0 amide bonds. The highest BCUT2D eigenvalue weighted by Crippen LogP contribution is 2.36. The molecule has 1 aliphatic heterocycles. The Labute approximate surface area is 138 Å². The molecule has 1 atom stereocenters. The summed E-state index contributed by atoms with van der Waals surface area (Å²) in [5.41, 5.74) is 3.67. The lowest BCUT2D eigenvalue weighted by atomic mass is 10.0. The van der Waals surface area contributed by atoms with Crippen LogP contribution in [0.5, 0.6) is 11.5 Å². The van der Waals surface area contributed by atoms with E-state index in [-0.39, 0.29) is 11.9 Å². The maximum atomic E-state index is 9.76. The summed E-state index contributed by atoms with van der Waals surface area (Å²) in [5, 5.41) is 9.76. The topological polar surface area (TPSA) is 32.7 Å². The molecule has 2 aromatic carbocycles. The predicted octanol–water partition coefficient (Wildman–Crippen LogP) is 4.31. The summed E-state index contributed by atoms with van der Waals surface area (Å²) in [7, 11) is 0. The molecular formula is C20H25NO2. The van der Waals surface area contributed by atoms with Gasteiger partial charge in [0, 0.05) is 19.0 Å². The first kappa shape index (κ1) is 15.7. The lowest BCUT2D eigenvalue weighted by Crippen LogP contribution is -2.41. The number of unbranched alkanes of at least 4 members (excludes halogenated alkanes) is 1. The molecule has 1 heterocycles. The summed E-state index contributed by atoms with van der Waals surface area (Å²) in [6, 6.07) is 14.0. The van der Waals surface area contributed by atoms with Crippen molar-refractivity contribution in [2.24, 2.45) is 0 Å². The van der Waals surface area contributed by atoms with Crippen molar-refractivity contribution in [3.05, 3.63) is 53.6 Å². The van der Waals surface area contributed by atoms with E-state index < -0.39 is 0 Å². The first-order chi connectivity index (χ1) is 11.2. The lowest BCUT2D eigenvalue weighted by Gasteiger charge is -2.36. The Bertz CT molecular complexity index is 668. The molecule has 1 unspecified atom stereocenters. The van der Waals surface area contributed by atoms with E-state index >= 15 is 0 Å². The molecule has 23 heavy (non-hydrogen) atoms. The Balaban J connectivity index is 1.81. The molecular weight excluding hydrogens is 286 g/mol. The van der Waals surface area contributed by atoms with Crippen molar-refractivity contribution in [3.8, 4) is 11.5 Å². The molecule has 1 N–H and O–H groups in total. The highest BCUT2D eigenvalue weighted by Gasteiger charge is 2.25. The SMILES string of the molecule is CCCCN1CC(Cc2cccc(C)c2)Oc2cc(O)ccc21. The van der Waals surface area contributed by atoms with E-state index in [1.54, 1.807) is 12.1 Å². The van der Waals surface area contributed by atoms with Gasteiger partial charge in [-0.15, -0.1) is 0 Å². The standard InChI is InChI=1S/C20H25NO2/c1-3-4-10-21-14-18(12-16-7-5-6-15(2)11-16)23-20-13-17(22)8-9-19(20)21/h5-9,11,13,18,22H,3-4,10,12,14H2,1-2H3. The molecule has 3 heteroatoms. The molecule has 0 saturated carbocycles. The lowest BCUT2D eigenvalue weighted by molar-refractivity contribution is 0.192. The summed E-state index contributed by atoms with van der Waals surface area (Å²) in [6.07, 6.45) is 3.34. The molecule has 3 nitrogen and oxygen atoms in total. The number of phenolic OH excluding ortho intramolecular Hbond substituents is 1. The van der Waals surface area contributed by atoms with E-state index in [0.29, 0.717) is 0 Å². The fourth-order valence-corrected chi connectivity index (χ4v) is 3.19. The normalized spacial score (nSPS) is 16.8. The smallest absolute Gasteiger partial charge is 0.146 e. The third kappa shape index (κ3) is 3.79. The van der Waals surface area contributed by atoms with Gasteiger partial charge in [0.05, 0.1) is 12.2 Å². The second-order valence-electron chi connectivity index (χ2n) is 6.38. The average molecular weight is 311 g/mol. The van der Waals surface area contributed by atoms with Crippen LogP contribution in [0.4, 0.5) is 5.69 Å². The Morgan fingerprint density at radius 2 is 2.09 bits per heavy atom. The van der Waals surface area contributed by atoms with Gasteiger partial charge in [-0.3, -0.25) is 0 Å².